The third kappa shape index (κ3) is 5.40. The summed E-state index contributed by atoms with van der Waals surface area (Å²) in [5.41, 5.74) is 0. The fraction of sp³-hybridized carbons (Fsp3) is 0.714. The lowest BCUT2D eigenvalue weighted by molar-refractivity contribution is 0.627. The highest BCUT2D eigenvalue weighted by Crippen LogP contribution is 2.30. The summed E-state index contributed by atoms with van der Waals surface area (Å²) < 4.78 is 0. The molecule has 0 atom stereocenters. The van der Waals surface area contributed by atoms with E-state index in [0.29, 0.717) is 0 Å². The topological polar surface area (TPSA) is 0 Å². The Morgan fingerprint density at radius 2 is 1.75 bits per heavy atom. The van der Waals surface area contributed by atoms with Crippen molar-refractivity contribution in [1.82, 2.24) is 0 Å². The fourth-order valence-electron chi connectivity index (χ4n) is 1.82. The number of thiophene rings is 1. The van der Waals surface area contributed by atoms with Gasteiger partial charge in [-0.1, -0.05) is 39.0 Å². The van der Waals surface area contributed by atoms with Gasteiger partial charge in [-0.05, 0) is 32.1 Å². The quantitative estimate of drug-likeness (QED) is 0.417. The highest BCUT2D eigenvalue weighted by Gasteiger charge is 2.02. The van der Waals surface area contributed by atoms with E-state index >= 15 is 0 Å². The molecular weight excluding hydrogens is 232 g/mol. The zero-order valence-electron chi connectivity index (χ0n) is 10.8. The normalized spacial score (nSPS) is 10.9. The molecule has 1 aromatic rings. The first-order valence-electron chi connectivity index (χ1n) is 6.44. The van der Waals surface area contributed by atoms with Gasteiger partial charge in [0.25, 0.3) is 0 Å². The first-order chi connectivity index (χ1) is 7.74. The third-order valence-corrected chi connectivity index (χ3v) is 5.07. The largest absolute Gasteiger partial charge is 0.145 e. The van der Waals surface area contributed by atoms with Crippen LogP contribution in [0.15, 0.2) is 11.0 Å². The SMILES string of the molecule is CCCCCCCCSc1cc(C)sc1C. The molecule has 0 aliphatic rings. The van der Waals surface area contributed by atoms with Crippen LogP contribution in [-0.2, 0) is 0 Å². The molecule has 0 aromatic carbocycles. The summed E-state index contributed by atoms with van der Waals surface area (Å²) in [6, 6.07) is 2.34. The van der Waals surface area contributed by atoms with Crippen molar-refractivity contribution in [3.63, 3.8) is 0 Å². The van der Waals surface area contributed by atoms with Gasteiger partial charge in [-0.15, -0.1) is 23.1 Å². The standard InChI is InChI=1S/C14H24S2/c1-4-5-6-7-8-9-10-15-14-11-12(2)16-13(14)3/h11H,4-10H2,1-3H3. The molecule has 0 unspecified atom stereocenters. The van der Waals surface area contributed by atoms with Crippen molar-refractivity contribution in [2.24, 2.45) is 0 Å². The van der Waals surface area contributed by atoms with E-state index in [1.54, 1.807) is 0 Å². The summed E-state index contributed by atoms with van der Waals surface area (Å²) in [6.07, 6.45) is 8.41. The van der Waals surface area contributed by atoms with E-state index in [9.17, 15) is 0 Å². The van der Waals surface area contributed by atoms with Crippen LogP contribution in [0.3, 0.4) is 0 Å². The van der Waals surface area contributed by atoms with Crippen LogP contribution in [0.4, 0.5) is 0 Å². The van der Waals surface area contributed by atoms with Crippen molar-refractivity contribution in [2.45, 2.75) is 64.2 Å². The minimum Gasteiger partial charge on any atom is -0.145 e. The van der Waals surface area contributed by atoms with Gasteiger partial charge in [0.05, 0.1) is 0 Å². The third-order valence-electron chi connectivity index (χ3n) is 2.75. The highest BCUT2D eigenvalue weighted by atomic mass is 32.2. The molecule has 92 valence electrons. The maximum Gasteiger partial charge on any atom is 0.0211 e. The minimum atomic E-state index is 1.29. The molecule has 0 saturated heterocycles. The van der Waals surface area contributed by atoms with Gasteiger partial charge in [0.2, 0.25) is 0 Å². The van der Waals surface area contributed by atoms with E-state index in [0.717, 1.165) is 0 Å². The smallest absolute Gasteiger partial charge is 0.0211 e. The van der Waals surface area contributed by atoms with Crippen molar-refractivity contribution >= 4 is 23.1 Å². The summed E-state index contributed by atoms with van der Waals surface area (Å²) in [7, 11) is 0. The Kier molecular flexibility index (Phi) is 7.22. The van der Waals surface area contributed by atoms with E-state index in [1.165, 1.54) is 58.9 Å². The average molecular weight is 256 g/mol. The molecule has 0 spiro atoms. The van der Waals surface area contributed by atoms with Crippen molar-refractivity contribution < 1.29 is 0 Å². The van der Waals surface area contributed by atoms with Gasteiger partial charge in [0, 0.05) is 14.6 Å². The van der Waals surface area contributed by atoms with Crippen LogP contribution in [-0.4, -0.2) is 5.75 Å². The van der Waals surface area contributed by atoms with Crippen LogP contribution in [0, 0.1) is 13.8 Å². The number of hydrogen-bond donors (Lipinski definition) is 0. The van der Waals surface area contributed by atoms with E-state index in [-0.39, 0.29) is 0 Å². The molecule has 0 N–H and O–H groups in total. The molecule has 0 amide bonds. The van der Waals surface area contributed by atoms with E-state index in [2.05, 4.69) is 26.8 Å². The summed E-state index contributed by atoms with van der Waals surface area (Å²) >= 11 is 3.97. The Labute approximate surface area is 109 Å². The first kappa shape index (κ1) is 14.1. The molecule has 0 bridgehead atoms. The van der Waals surface area contributed by atoms with Crippen LogP contribution < -0.4 is 0 Å². The highest BCUT2D eigenvalue weighted by molar-refractivity contribution is 7.99. The molecule has 0 nitrogen and oxygen atoms in total. The van der Waals surface area contributed by atoms with Crippen LogP contribution in [0.2, 0.25) is 0 Å². The predicted molar refractivity (Wildman–Crippen MR) is 77.9 cm³/mol. The second kappa shape index (κ2) is 8.19. The molecule has 0 aliphatic heterocycles. The van der Waals surface area contributed by atoms with Crippen molar-refractivity contribution in [3.8, 4) is 0 Å². The Bertz CT molecular complexity index is 289. The van der Waals surface area contributed by atoms with Gasteiger partial charge in [-0.3, -0.25) is 0 Å². The Morgan fingerprint density at radius 3 is 2.38 bits per heavy atom. The maximum absolute atomic E-state index is 2.34. The minimum absolute atomic E-state index is 1.29. The first-order valence-corrected chi connectivity index (χ1v) is 8.24. The molecule has 16 heavy (non-hydrogen) atoms. The Balaban J connectivity index is 2.05. The van der Waals surface area contributed by atoms with Gasteiger partial charge < -0.3 is 0 Å². The Hall–Kier alpha value is 0.0500. The predicted octanol–water partition coefficient (Wildman–Crippen LogP) is 5.82. The van der Waals surface area contributed by atoms with Gasteiger partial charge in [0.1, 0.15) is 0 Å². The van der Waals surface area contributed by atoms with E-state index in [4.69, 9.17) is 0 Å². The molecule has 2 heteroatoms. The molecular formula is C14H24S2. The monoisotopic (exact) mass is 256 g/mol. The van der Waals surface area contributed by atoms with Crippen LogP contribution in [0.25, 0.3) is 0 Å². The zero-order valence-corrected chi connectivity index (χ0v) is 12.5. The maximum atomic E-state index is 2.34. The lowest BCUT2D eigenvalue weighted by atomic mass is 10.1. The van der Waals surface area contributed by atoms with Gasteiger partial charge in [0.15, 0.2) is 0 Å². The summed E-state index contributed by atoms with van der Waals surface area (Å²) in [5, 5.41) is 0. The number of hydrogen-bond acceptors (Lipinski definition) is 2. The zero-order chi connectivity index (χ0) is 11.8. The Morgan fingerprint density at radius 1 is 1.06 bits per heavy atom. The molecule has 0 saturated carbocycles. The van der Waals surface area contributed by atoms with Crippen LogP contribution in [0.5, 0.6) is 0 Å². The fourth-order valence-corrected chi connectivity index (χ4v) is 4.04. The van der Waals surface area contributed by atoms with Gasteiger partial charge in [-0.25, -0.2) is 0 Å². The second-order valence-corrected chi connectivity index (χ2v) is 6.99. The lowest BCUT2D eigenvalue weighted by Gasteiger charge is -2.01. The molecule has 0 aliphatic carbocycles. The molecule has 0 radical (unpaired) electrons. The van der Waals surface area contributed by atoms with Crippen molar-refractivity contribution in [2.75, 3.05) is 5.75 Å². The second-order valence-electron chi connectivity index (χ2n) is 4.39. The lowest BCUT2D eigenvalue weighted by Crippen LogP contribution is -1.82. The number of aryl methyl sites for hydroxylation is 2. The molecule has 1 aromatic heterocycles. The van der Waals surface area contributed by atoms with Crippen molar-refractivity contribution in [3.05, 3.63) is 15.8 Å². The van der Waals surface area contributed by atoms with Crippen molar-refractivity contribution in [1.29, 1.82) is 0 Å². The van der Waals surface area contributed by atoms with Gasteiger partial charge in [-0.2, -0.15) is 0 Å². The molecule has 1 rings (SSSR count). The summed E-state index contributed by atoms with van der Waals surface area (Å²) in [6.45, 7) is 6.71. The van der Waals surface area contributed by atoms with E-state index in [1.807, 2.05) is 23.1 Å². The van der Waals surface area contributed by atoms with Crippen LogP contribution >= 0.6 is 23.1 Å². The van der Waals surface area contributed by atoms with Crippen LogP contribution in [0.1, 0.15) is 55.2 Å². The number of thioether (sulfide) groups is 1. The average Bonchev–Trinajstić information content (AvgIpc) is 2.56. The number of rotatable bonds is 8. The summed E-state index contributed by atoms with van der Waals surface area (Å²) in [5.74, 6) is 1.29. The van der Waals surface area contributed by atoms with Gasteiger partial charge >= 0.3 is 0 Å². The summed E-state index contributed by atoms with van der Waals surface area (Å²) in [4.78, 5) is 4.45. The number of unbranched alkanes of at least 4 members (excludes halogenated alkanes) is 5. The van der Waals surface area contributed by atoms with E-state index < -0.39 is 0 Å². The molecule has 1 heterocycles. The molecule has 0 fully saturated rings.